The summed E-state index contributed by atoms with van der Waals surface area (Å²) in [5.74, 6) is 1.33. The Kier molecular flexibility index (Phi) is 4.93. The minimum atomic E-state index is -3.78. The molecule has 7 heteroatoms. The molecule has 0 aromatic heterocycles. The molecule has 1 fully saturated rings. The molecule has 2 atom stereocenters. The van der Waals surface area contributed by atoms with E-state index < -0.39 is 35.5 Å². The summed E-state index contributed by atoms with van der Waals surface area (Å²) >= 11 is 0. The number of sulfone groups is 1. The van der Waals surface area contributed by atoms with Crippen LogP contribution >= 0.6 is 0 Å². The van der Waals surface area contributed by atoms with Gasteiger partial charge in [0.15, 0.2) is 0 Å². The second-order valence-corrected chi connectivity index (χ2v) is 14.2. The Morgan fingerprint density at radius 2 is 1.74 bits per heavy atom. The predicted molar refractivity (Wildman–Crippen MR) is 122 cm³/mol. The zero-order valence-corrected chi connectivity index (χ0v) is 21.3. The first kappa shape index (κ1) is 22.4. The van der Waals surface area contributed by atoms with E-state index in [-0.39, 0.29) is 15.9 Å². The molecule has 4 rings (SSSR count). The van der Waals surface area contributed by atoms with Crippen LogP contribution in [-0.4, -0.2) is 28.7 Å². The zero-order valence-electron chi connectivity index (χ0n) is 19.5. The lowest BCUT2D eigenvalue weighted by atomic mass is 9.84. The topological polar surface area (TPSA) is 65.1 Å². The van der Waals surface area contributed by atoms with Crippen LogP contribution in [0.25, 0.3) is 0 Å². The molecule has 0 aliphatic carbocycles. The maximum absolute atomic E-state index is 13.8. The van der Waals surface area contributed by atoms with Crippen molar-refractivity contribution in [2.75, 3.05) is 0 Å². The highest BCUT2D eigenvalue weighted by Gasteiger charge is 2.67. The smallest absolute Gasteiger partial charge is 0.274 e. The lowest BCUT2D eigenvalue weighted by Crippen LogP contribution is -2.45. The summed E-state index contributed by atoms with van der Waals surface area (Å²) in [6.45, 7) is 16.1. The third-order valence-electron chi connectivity index (χ3n) is 6.28. The van der Waals surface area contributed by atoms with Crippen LogP contribution < -0.4 is 9.16 Å². The number of epoxide rings is 1. The monoisotopic (exact) mass is 459 g/mol. The largest absolute Gasteiger partial charge is 0.542 e. The van der Waals surface area contributed by atoms with Gasteiger partial charge in [0.05, 0.1) is 9.79 Å². The van der Waals surface area contributed by atoms with E-state index in [9.17, 15) is 8.42 Å². The van der Waals surface area contributed by atoms with E-state index in [0.717, 1.165) is 5.56 Å². The molecule has 5 nitrogen and oxygen atoms in total. The summed E-state index contributed by atoms with van der Waals surface area (Å²) < 4.78 is 45.9. The van der Waals surface area contributed by atoms with Crippen molar-refractivity contribution >= 4 is 18.9 Å². The van der Waals surface area contributed by atoms with E-state index in [0.29, 0.717) is 17.1 Å². The fourth-order valence-corrected chi connectivity index (χ4v) is 6.63. The molecule has 2 aliphatic heterocycles. The molecule has 1 saturated heterocycles. The Morgan fingerprint density at radius 1 is 1.06 bits per heavy atom. The number of ether oxygens (including phenoxy) is 2. The van der Waals surface area contributed by atoms with E-state index >= 15 is 0 Å². The first-order chi connectivity index (χ1) is 14.2. The van der Waals surface area contributed by atoms with Gasteiger partial charge in [0, 0.05) is 11.1 Å². The van der Waals surface area contributed by atoms with Crippen molar-refractivity contribution in [1.82, 2.24) is 0 Å². The maximum atomic E-state index is 13.8. The number of hydrogen-bond acceptors (Lipinski definition) is 5. The fraction of sp³-hybridized carbons (Fsp3) is 0.500. The van der Waals surface area contributed by atoms with Crippen molar-refractivity contribution in [1.29, 1.82) is 0 Å². The Morgan fingerprint density at radius 3 is 2.35 bits per heavy atom. The quantitative estimate of drug-likeness (QED) is 0.449. The van der Waals surface area contributed by atoms with E-state index in [1.54, 1.807) is 30.3 Å². The standard InChI is InChI=1S/C24H31O5SSi/c1-22(2,3)20-18(29-31(7)8)10-9-11-19(20)30(25,26)15-12-13-17-16(14-15)21-24(6,28-21)23(4,5)27-17/h9-14,21H,1-8H3/t21-,24-/m0/s1. The number of benzene rings is 2. The molecular weight excluding hydrogens is 428 g/mol. The van der Waals surface area contributed by atoms with Gasteiger partial charge in [-0.25, -0.2) is 8.42 Å². The molecule has 2 aliphatic rings. The third-order valence-corrected chi connectivity index (χ3v) is 8.70. The molecule has 2 heterocycles. The minimum Gasteiger partial charge on any atom is -0.542 e. The van der Waals surface area contributed by atoms with Crippen LogP contribution in [0, 0.1) is 0 Å². The van der Waals surface area contributed by atoms with Crippen LogP contribution in [0.5, 0.6) is 11.5 Å². The van der Waals surface area contributed by atoms with Crippen molar-refractivity contribution in [3.63, 3.8) is 0 Å². The molecule has 0 saturated carbocycles. The van der Waals surface area contributed by atoms with E-state index in [2.05, 4.69) is 0 Å². The Labute approximate surface area is 187 Å². The van der Waals surface area contributed by atoms with Gasteiger partial charge < -0.3 is 13.9 Å². The van der Waals surface area contributed by atoms with Crippen LogP contribution in [0.2, 0.25) is 13.1 Å². The number of hydrogen-bond donors (Lipinski definition) is 0. The second kappa shape index (κ2) is 6.83. The zero-order chi connectivity index (χ0) is 23.0. The van der Waals surface area contributed by atoms with Crippen LogP contribution in [0.15, 0.2) is 46.2 Å². The van der Waals surface area contributed by atoms with Gasteiger partial charge in [-0.05, 0) is 69.6 Å². The normalized spacial score (nSPS) is 24.2. The predicted octanol–water partition coefficient (Wildman–Crippen LogP) is 5.45. The molecule has 2 aromatic rings. The first-order valence-electron chi connectivity index (χ1n) is 10.6. The molecule has 2 aromatic carbocycles. The molecule has 0 bridgehead atoms. The van der Waals surface area contributed by atoms with Gasteiger partial charge in [0.1, 0.15) is 28.8 Å². The highest BCUT2D eigenvalue weighted by atomic mass is 32.2. The van der Waals surface area contributed by atoms with Gasteiger partial charge >= 0.3 is 0 Å². The van der Waals surface area contributed by atoms with Crippen molar-refractivity contribution < 1.29 is 22.3 Å². The van der Waals surface area contributed by atoms with Gasteiger partial charge in [0.25, 0.3) is 9.04 Å². The second-order valence-electron chi connectivity index (χ2n) is 10.3. The molecular formula is C24H31O5SSi. The van der Waals surface area contributed by atoms with Gasteiger partial charge in [-0.1, -0.05) is 26.8 Å². The van der Waals surface area contributed by atoms with E-state index in [1.165, 1.54) is 0 Å². The summed E-state index contributed by atoms with van der Waals surface area (Å²) in [5.41, 5.74) is 0.169. The molecule has 31 heavy (non-hydrogen) atoms. The van der Waals surface area contributed by atoms with Gasteiger partial charge in [0.2, 0.25) is 9.84 Å². The lowest BCUT2D eigenvalue weighted by Gasteiger charge is -2.35. The van der Waals surface area contributed by atoms with Gasteiger partial charge in [-0.3, -0.25) is 0 Å². The molecule has 0 spiro atoms. The molecule has 167 valence electrons. The maximum Gasteiger partial charge on any atom is 0.274 e. The molecule has 0 N–H and O–H groups in total. The average molecular weight is 460 g/mol. The highest BCUT2D eigenvalue weighted by molar-refractivity contribution is 7.91. The van der Waals surface area contributed by atoms with Crippen LogP contribution in [-0.2, 0) is 20.0 Å². The number of rotatable bonds is 4. The van der Waals surface area contributed by atoms with Crippen molar-refractivity contribution in [3.05, 3.63) is 47.5 Å². The Hall–Kier alpha value is -1.83. The number of fused-ring (bicyclic) bond motifs is 3. The van der Waals surface area contributed by atoms with E-state index in [1.807, 2.05) is 60.7 Å². The van der Waals surface area contributed by atoms with Crippen LogP contribution in [0.3, 0.4) is 0 Å². The molecule has 0 unspecified atom stereocenters. The van der Waals surface area contributed by atoms with Crippen molar-refractivity contribution in [3.8, 4) is 11.5 Å². The summed E-state index contributed by atoms with van der Waals surface area (Å²) in [4.78, 5) is 0.533. The van der Waals surface area contributed by atoms with Gasteiger partial charge in [-0.2, -0.15) is 0 Å². The van der Waals surface area contributed by atoms with Crippen molar-refractivity contribution in [2.45, 2.75) is 87.1 Å². The van der Waals surface area contributed by atoms with Crippen LogP contribution in [0.1, 0.15) is 58.8 Å². The summed E-state index contributed by atoms with van der Waals surface area (Å²) in [7, 11) is -4.83. The molecule has 1 radical (unpaired) electrons. The highest BCUT2D eigenvalue weighted by Crippen LogP contribution is 2.62. The Balaban J connectivity index is 1.85. The molecule has 0 amide bonds. The fourth-order valence-electron chi connectivity index (χ4n) is 4.30. The van der Waals surface area contributed by atoms with Crippen LogP contribution in [0.4, 0.5) is 0 Å². The average Bonchev–Trinajstić information content (AvgIpc) is 3.34. The first-order valence-corrected chi connectivity index (χ1v) is 14.4. The summed E-state index contributed by atoms with van der Waals surface area (Å²) in [5, 5.41) is 0. The lowest BCUT2D eigenvalue weighted by molar-refractivity contribution is 0.0241. The third kappa shape index (κ3) is 3.51. The summed E-state index contributed by atoms with van der Waals surface area (Å²) in [6.07, 6.45) is -0.163. The Bertz CT molecular complexity index is 1150. The van der Waals surface area contributed by atoms with E-state index in [4.69, 9.17) is 13.9 Å². The van der Waals surface area contributed by atoms with Gasteiger partial charge in [-0.15, -0.1) is 0 Å². The minimum absolute atomic E-state index is 0.163. The van der Waals surface area contributed by atoms with Crippen molar-refractivity contribution in [2.24, 2.45) is 0 Å². The SMILES string of the molecule is C[Si](C)Oc1cccc(S(=O)(=O)c2ccc3c(c2)[C@@H]2O[C@]2(C)C(C)(C)O3)c1C(C)(C)C. The summed E-state index contributed by atoms with van der Waals surface area (Å²) in [6, 6.07) is 10.4.